The number of nitrogens with two attached hydrogens (primary N) is 1. The lowest BCUT2D eigenvalue weighted by Crippen LogP contribution is -2.41. The second-order valence-electron chi connectivity index (χ2n) is 7.36. The maximum absolute atomic E-state index is 12.2. The zero-order valence-corrected chi connectivity index (χ0v) is 18.2. The van der Waals surface area contributed by atoms with Gasteiger partial charge in [0.05, 0.1) is 12.6 Å². The summed E-state index contributed by atoms with van der Waals surface area (Å²) < 4.78 is 5.37. The van der Waals surface area contributed by atoms with E-state index >= 15 is 0 Å². The van der Waals surface area contributed by atoms with E-state index in [2.05, 4.69) is 15.2 Å². The number of carbonyl (C=O) groups is 1. The summed E-state index contributed by atoms with van der Waals surface area (Å²) in [6.07, 6.45) is 3.09. The Balaban J connectivity index is 0.00000338. The normalized spacial score (nSPS) is 16.4. The number of ether oxygens (including phenoxy) is 1. The van der Waals surface area contributed by atoms with E-state index in [1.807, 2.05) is 51.1 Å². The minimum atomic E-state index is -0.540. The molecule has 7 heteroatoms. The largest absolute Gasteiger partial charge is 0.444 e. The van der Waals surface area contributed by atoms with Gasteiger partial charge in [0.2, 0.25) is 0 Å². The maximum atomic E-state index is 12.2. The molecule has 146 valence electrons. The van der Waals surface area contributed by atoms with E-state index in [0.29, 0.717) is 12.5 Å². The summed E-state index contributed by atoms with van der Waals surface area (Å²) in [6, 6.07) is 9.48. The molecule has 1 aromatic carbocycles. The molecule has 0 aromatic heterocycles. The molecule has 1 saturated heterocycles. The Morgan fingerprint density at radius 2 is 1.85 bits per heavy atom. The minimum Gasteiger partial charge on any atom is -0.444 e. The van der Waals surface area contributed by atoms with Crippen molar-refractivity contribution in [3.63, 3.8) is 0 Å². The molecule has 0 saturated carbocycles. The molecule has 1 heterocycles. The van der Waals surface area contributed by atoms with E-state index in [-0.39, 0.29) is 30.0 Å². The summed E-state index contributed by atoms with van der Waals surface area (Å²) in [6.45, 7) is 7.81. The predicted octanol–water partition coefficient (Wildman–Crippen LogP) is 3.67. The van der Waals surface area contributed by atoms with Gasteiger partial charge in [0.15, 0.2) is 5.96 Å². The molecule has 26 heavy (non-hydrogen) atoms. The number of rotatable bonds is 4. The van der Waals surface area contributed by atoms with Crippen molar-refractivity contribution in [3.05, 3.63) is 35.9 Å². The fourth-order valence-corrected chi connectivity index (χ4v) is 2.78. The van der Waals surface area contributed by atoms with E-state index in [9.17, 15) is 4.79 Å². The summed E-state index contributed by atoms with van der Waals surface area (Å²) in [7, 11) is 0. The van der Waals surface area contributed by atoms with Crippen molar-refractivity contribution in [2.45, 2.75) is 51.7 Å². The smallest absolute Gasteiger partial charge is 0.408 e. The van der Waals surface area contributed by atoms with Crippen LogP contribution >= 0.6 is 24.0 Å². The molecule has 3 N–H and O–H groups in total. The molecule has 1 aliphatic heterocycles. The number of amides is 1. The fourth-order valence-electron chi connectivity index (χ4n) is 2.78. The summed E-state index contributed by atoms with van der Waals surface area (Å²) in [5, 5.41) is 2.91. The highest BCUT2D eigenvalue weighted by Crippen LogP contribution is 2.16. The van der Waals surface area contributed by atoms with Gasteiger partial charge in [-0.1, -0.05) is 30.3 Å². The Bertz CT molecular complexity index is 581. The number of likely N-dealkylation sites (tertiary alicyclic amines) is 1. The average Bonchev–Trinajstić information content (AvgIpc) is 2.58. The van der Waals surface area contributed by atoms with E-state index in [1.165, 1.54) is 6.42 Å². The number of nitrogens with one attached hydrogen (secondary N) is 1. The Morgan fingerprint density at radius 3 is 2.42 bits per heavy atom. The SMILES string of the molecule is CC(C)(C)OC(=O)NC(CN=C(N)N1CCCCC1)c1ccccc1.I. The van der Waals surface area contributed by atoms with Crippen LogP contribution in [0.15, 0.2) is 35.3 Å². The first-order chi connectivity index (χ1) is 11.8. The van der Waals surface area contributed by atoms with Crippen LogP contribution in [0.4, 0.5) is 4.79 Å². The number of halogens is 1. The van der Waals surface area contributed by atoms with Crippen LogP contribution in [0.3, 0.4) is 0 Å². The van der Waals surface area contributed by atoms with Gasteiger partial charge in [-0.25, -0.2) is 4.79 Å². The minimum absolute atomic E-state index is 0. The van der Waals surface area contributed by atoms with E-state index in [0.717, 1.165) is 31.5 Å². The van der Waals surface area contributed by atoms with Gasteiger partial charge in [-0.3, -0.25) is 4.99 Å². The first-order valence-electron chi connectivity index (χ1n) is 8.94. The number of piperidine rings is 1. The quantitative estimate of drug-likeness (QED) is 0.397. The van der Waals surface area contributed by atoms with Crippen molar-refractivity contribution in [1.82, 2.24) is 10.2 Å². The summed E-state index contributed by atoms with van der Waals surface area (Å²) in [5.41, 5.74) is 6.57. The van der Waals surface area contributed by atoms with Crippen LogP contribution in [0, 0.1) is 0 Å². The molecule has 6 nitrogen and oxygen atoms in total. The van der Waals surface area contributed by atoms with Crippen LogP contribution in [-0.2, 0) is 4.74 Å². The van der Waals surface area contributed by atoms with Crippen molar-refractivity contribution in [3.8, 4) is 0 Å². The molecule has 1 fully saturated rings. The van der Waals surface area contributed by atoms with Crippen LogP contribution in [0.1, 0.15) is 51.6 Å². The number of carbonyl (C=O) groups excluding carboxylic acids is 1. The number of aliphatic imine (C=N–C) groups is 1. The first-order valence-corrected chi connectivity index (χ1v) is 8.94. The topological polar surface area (TPSA) is 79.9 Å². The van der Waals surface area contributed by atoms with Gasteiger partial charge in [-0.05, 0) is 45.6 Å². The zero-order valence-electron chi connectivity index (χ0n) is 15.9. The Kier molecular flexibility index (Phi) is 9.18. The van der Waals surface area contributed by atoms with Crippen molar-refractivity contribution >= 4 is 36.0 Å². The van der Waals surface area contributed by atoms with Gasteiger partial charge < -0.3 is 20.7 Å². The molecule has 1 unspecified atom stereocenters. The number of benzene rings is 1. The zero-order chi connectivity index (χ0) is 18.3. The Labute approximate surface area is 173 Å². The molecule has 1 amide bonds. The number of alkyl carbamates (subject to hydrolysis) is 1. The van der Waals surface area contributed by atoms with Crippen LogP contribution in [0.2, 0.25) is 0 Å². The molecule has 1 atom stereocenters. The third kappa shape index (κ3) is 7.80. The summed E-state index contributed by atoms with van der Waals surface area (Å²) in [5.74, 6) is 0.548. The van der Waals surface area contributed by atoms with E-state index < -0.39 is 11.7 Å². The molecular formula is C19H31IN4O2. The second kappa shape index (κ2) is 10.6. The molecule has 0 bridgehead atoms. The lowest BCUT2D eigenvalue weighted by atomic mass is 10.1. The standard InChI is InChI=1S/C19H30N4O2.HI/c1-19(2,3)25-18(24)22-16(15-10-6-4-7-11-15)14-21-17(20)23-12-8-5-9-13-23;/h4,6-7,10-11,16H,5,8-9,12-14H2,1-3H3,(H2,20,21)(H,22,24);1H. The van der Waals surface area contributed by atoms with Gasteiger partial charge in [0.25, 0.3) is 0 Å². The molecule has 0 radical (unpaired) electrons. The molecule has 2 rings (SSSR count). The molecular weight excluding hydrogens is 443 g/mol. The van der Waals surface area contributed by atoms with Crippen molar-refractivity contribution in [1.29, 1.82) is 0 Å². The number of guanidine groups is 1. The number of hydrogen-bond acceptors (Lipinski definition) is 3. The summed E-state index contributed by atoms with van der Waals surface area (Å²) in [4.78, 5) is 18.8. The van der Waals surface area contributed by atoms with Gasteiger partial charge in [0.1, 0.15) is 5.60 Å². The van der Waals surface area contributed by atoms with Gasteiger partial charge in [0, 0.05) is 13.1 Å². The van der Waals surface area contributed by atoms with Crippen molar-refractivity contribution in [2.24, 2.45) is 10.7 Å². The fraction of sp³-hybridized carbons (Fsp3) is 0.579. The van der Waals surface area contributed by atoms with Gasteiger partial charge in [-0.2, -0.15) is 0 Å². The lowest BCUT2D eigenvalue weighted by molar-refractivity contribution is 0.0505. The number of hydrogen-bond donors (Lipinski definition) is 2. The molecule has 1 aromatic rings. The predicted molar refractivity (Wildman–Crippen MR) is 116 cm³/mol. The highest BCUT2D eigenvalue weighted by molar-refractivity contribution is 14.0. The van der Waals surface area contributed by atoms with Crippen LogP contribution in [0.5, 0.6) is 0 Å². The third-order valence-corrected chi connectivity index (χ3v) is 4.01. The highest BCUT2D eigenvalue weighted by atomic mass is 127. The van der Waals surface area contributed by atoms with Crippen LogP contribution in [0.25, 0.3) is 0 Å². The maximum Gasteiger partial charge on any atom is 0.408 e. The molecule has 1 aliphatic rings. The highest BCUT2D eigenvalue weighted by Gasteiger charge is 2.21. The average molecular weight is 474 g/mol. The molecule has 0 aliphatic carbocycles. The van der Waals surface area contributed by atoms with Crippen molar-refractivity contribution in [2.75, 3.05) is 19.6 Å². The third-order valence-electron chi connectivity index (χ3n) is 4.01. The van der Waals surface area contributed by atoms with Crippen LogP contribution in [-0.4, -0.2) is 42.2 Å². The second-order valence-corrected chi connectivity index (χ2v) is 7.36. The monoisotopic (exact) mass is 474 g/mol. The van der Waals surface area contributed by atoms with E-state index in [1.54, 1.807) is 0 Å². The molecule has 0 spiro atoms. The van der Waals surface area contributed by atoms with Crippen LogP contribution < -0.4 is 11.1 Å². The first kappa shape index (κ1) is 22.5. The Hall–Kier alpha value is -1.51. The lowest BCUT2D eigenvalue weighted by Gasteiger charge is -2.28. The Morgan fingerprint density at radius 1 is 1.23 bits per heavy atom. The van der Waals surface area contributed by atoms with Crippen molar-refractivity contribution < 1.29 is 9.53 Å². The van der Waals surface area contributed by atoms with Gasteiger partial charge in [-0.15, -0.1) is 24.0 Å². The number of nitrogens with zero attached hydrogens (tertiary/aromatic N) is 2. The van der Waals surface area contributed by atoms with Gasteiger partial charge >= 0.3 is 6.09 Å². The summed E-state index contributed by atoms with van der Waals surface area (Å²) >= 11 is 0. The van der Waals surface area contributed by atoms with E-state index in [4.69, 9.17) is 10.5 Å².